The van der Waals surface area contributed by atoms with E-state index in [1.165, 1.54) is 27.7 Å². The first kappa shape index (κ1) is 28.7. The number of hydrogen-bond donors (Lipinski definition) is 0. The molecule has 0 spiro atoms. The number of Topliss-reactive ketones (excluding diaryl/α,β-unsaturated/α-hetero) is 2. The second-order valence-electron chi connectivity index (χ2n) is 5.08. The van der Waals surface area contributed by atoms with E-state index in [4.69, 9.17) is 6.64 Å². The summed E-state index contributed by atoms with van der Waals surface area (Å²) < 4.78 is 10.4. The zero-order valence-corrected chi connectivity index (χ0v) is 17.3. The quantitative estimate of drug-likeness (QED) is 0.279. The normalized spacial score (nSPS) is 11.4. The third-order valence-electron chi connectivity index (χ3n) is 2.66. The molecule has 0 amide bonds. The van der Waals surface area contributed by atoms with Crippen LogP contribution < -0.4 is 10.2 Å². The second-order valence-corrected chi connectivity index (χ2v) is 6.24. The molecule has 0 aromatic carbocycles. The Hall–Kier alpha value is -1.09. The van der Waals surface area contributed by atoms with Crippen molar-refractivity contribution in [3.8, 4) is 0 Å². The van der Waals surface area contributed by atoms with Gasteiger partial charge in [0.2, 0.25) is 0 Å². The van der Waals surface area contributed by atoms with E-state index in [-0.39, 0.29) is 11.6 Å². The number of rotatable bonds is 10. The predicted octanol–water partition coefficient (Wildman–Crippen LogP) is -0.325. The van der Waals surface area contributed by atoms with Gasteiger partial charge in [-0.2, -0.15) is 0 Å². The van der Waals surface area contributed by atoms with E-state index in [1.54, 1.807) is 0 Å². The van der Waals surface area contributed by atoms with Crippen LogP contribution in [0.15, 0.2) is 0 Å². The molecular weight excluding hydrogens is 368 g/mol. The standard InChI is InChI=1S/2C5H8O3.2C3H7O.Ti/c2*1-3(4(2)6)5(7)8;2*1-2-3-4;/h2*3H,1-2H3,(H,7,8);2*2-3H2,1H3;/q;;2*-1;+4/p-2. The Labute approximate surface area is 159 Å². The average molecular weight is 396 g/mol. The van der Waals surface area contributed by atoms with Gasteiger partial charge in [-0.25, -0.2) is 0 Å². The zero-order valence-electron chi connectivity index (χ0n) is 15.7. The summed E-state index contributed by atoms with van der Waals surface area (Å²) in [4.78, 5) is 39.9. The number of carbonyl (C=O) groups excluding carboxylic acids is 4. The molecule has 0 aromatic rings. The number of carboxylic acids is 2. The summed E-state index contributed by atoms with van der Waals surface area (Å²) >= 11 is -0.504. The van der Waals surface area contributed by atoms with Gasteiger partial charge in [0.05, 0.1) is 23.8 Å². The summed E-state index contributed by atoms with van der Waals surface area (Å²) in [6, 6.07) is 0. The van der Waals surface area contributed by atoms with Crippen molar-refractivity contribution in [1.82, 2.24) is 0 Å². The first-order valence-corrected chi connectivity index (χ1v) is 9.21. The Bertz CT molecular complexity index is 334. The van der Waals surface area contributed by atoms with Crippen molar-refractivity contribution in [2.75, 3.05) is 13.2 Å². The van der Waals surface area contributed by atoms with Crippen LogP contribution in [-0.4, -0.2) is 36.7 Å². The van der Waals surface area contributed by atoms with Gasteiger partial charge < -0.3 is 19.8 Å². The summed E-state index contributed by atoms with van der Waals surface area (Å²) in [5.41, 5.74) is 0. The van der Waals surface area contributed by atoms with Gasteiger partial charge in [0.25, 0.3) is 0 Å². The van der Waals surface area contributed by atoms with Crippen LogP contribution in [-0.2, 0) is 45.7 Å². The van der Waals surface area contributed by atoms with Crippen molar-refractivity contribution in [1.29, 1.82) is 0 Å². The Morgan fingerprint density at radius 2 is 1.08 bits per heavy atom. The van der Waals surface area contributed by atoms with Crippen molar-refractivity contribution >= 4 is 23.5 Å². The molecule has 0 heterocycles. The molecule has 0 radical (unpaired) electrons. The van der Waals surface area contributed by atoms with Gasteiger partial charge in [0, 0.05) is 0 Å². The molecule has 0 rings (SSSR count). The monoisotopic (exact) mass is 396 g/mol. The number of ketones is 2. The first-order chi connectivity index (χ1) is 11.5. The minimum absolute atomic E-state index is 0.370. The molecule has 0 bridgehead atoms. The van der Waals surface area contributed by atoms with Crippen LogP contribution in [0.25, 0.3) is 0 Å². The summed E-state index contributed by atoms with van der Waals surface area (Å²) in [7, 11) is 0. The molecule has 0 N–H and O–H groups in total. The second kappa shape index (κ2) is 19.2. The maximum absolute atomic E-state index is 10.2. The Morgan fingerprint density at radius 3 is 1.20 bits per heavy atom. The fraction of sp³-hybridized carbons (Fsp3) is 0.750. The molecule has 0 saturated heterocycles. The van der Waals surface area contributed by atoms with Crippen molar-refractivity contribution < 1.29 is 56.0 Å². The summed E-state index contributed by atoms with van der Waals surface area (Å²) in [6.45, 7) is 11.0. The van der Waals surface area contributed by atoms with E-state index < -0.39 is 43.7 Å². The number of carboxylic acid groups (broad SMARTS) is 2. The Morgan fingerprint density at radius 1 is 0.800 bits per heavy atom. The van der Waals surface area contributed by atoms with Gasteiger partial charge in [-0.05, 0) is 13.8 Å². The van der Waals surface area contributed by atoms with Crippen molar-refractivity contribution in [2.24, 2.45) is 11.8 Å². The predicted molar refractivity (Wildman–Crippen MR) is 82.2 cm³/mol. The molecule has 2 atom stereocenters. The van der Waals surface area contributed by atoms with E-state index >= 15 is 0 Å². The molecule has 25 heavy (non-hydrogen) atoms. The third-order valence-corrected chi connectivity index (χ3v) is 3.66. The summed E-state index contributed by atoms with van der Waals surface area (Å²) in [5, 5.41) is 19.6. The van der Waals surface area contributed by atoms with E-state index in [0.29, 0.717) is 0 Å². The van der Waals surface area contributed by atoms with E-state index in [9.17, 15) is 29.4 Å². The van der Waals surface area contributed by atoms with Gasteiger partial charge in [-0.15, -0.1) is 0 Å². The molecule has 2 unspecified atom stereocenters. The van der Waals surface area contributed by atoms with Crippen LogP contribution in [0.3, 0.4) is 0 Å². The summed E-state index contributed by atoms with van der Waals surface area (Å²) in [5.74, 6) is -5.28. The molecule has 0 aliphatic rings. The fourth-order valence-corrected chi connectivity index (χ4v) is 1.69. The van der Waals surface area contributed by atoms with E-state index in [2.05, 4.69) is 13.8 Å². The topological polar surface area (TPSA) is 133 Å². The fourth-order valence-electron chi connectivity index (χ4n) is 0.661. The van der Waals surface area contributed by atoms with Gasteiger partial charge in [0.15, 0.2) is 0 Å². The molecule has 9 heteroatoms. The van der Waals surface area contributed by atoms with Gasteiger partial charge in [0.1, 0.15) is 11.6 Å². The van der Waals surface area contributed by atoms with Gasteiger partial charge in [-0.3, -0.25) is 9.59 Å². The third kappa shape index (κ3) is 22.9. The van der Waals surface area contributed by atoms with Crippen molar-refractivity contribution in [3.63, 3.8) is 0 Å². The van der Waals surface area contributed by atoms with Crippen LogP contribution in [0.4, 0.5) is 0 Å². The van der Waals surface area contributed by atoms with Crippen LogP contribution in [0.1, 0.15) is 54.4 Å². The zero-order chi connectivity index (χ0) is 20.4. The number of carbonyl (C=O) groups is 4. The Balaban J connectivity index is -0.000000291. The van der Waals surface area contributed by atoms with E-state index in [0.717, 1.165) is 26.1 Å². The molecule has 0 aliphatic heterocycles. The number of aliphatic carboxylic acids is 2. The van der Waals surface area contributed by atoms with Crippen LogP contribution in [0, 0.1) is 11.8 Å². The minimum atomic E-state index is -1.31. The average Bonchev–Trinajstić information content (AvgIpc) is 2.54. The molecule has 0 aromatic heterocycles. The molecule has 0 saturated carbocycles. The van der Waals surface area contributed by atoms with Crippen molar-refractivity contribution in [3.05, 3.63) is 0 Å². The molecule has 144 valence electrons. The summed E-state index contributed by atoms with van der Waals surface area (Å²) in [6.07, 6.45) is 2.19. The SMILES string of the molecule is CC(=O)C(C)C(=O)[O-].CC(=O)C(C)C(=O)[O-].CCC[O][Ti+2][O]CCC. The van der Waals surface area contributed by atoms with Crippen LogP contribution in [0.5, 0.6) is 0 Å². The van der Waals surface area contributed by atoms with Crippen LogP contribution in [0.2, 0.25) is 0 Å². The van der Waals surface area contributed by atoms with Gasteiger partial charge in [-0.1, -0.05) is 13.8 Å². The first-order valence-electron chi connectivity index (χ1n) is 7.93. The van der Waals surface area contributed by atoms with Gasteiger partial charge >= 0.3 is 66.5 Å². The molecule has 0 aliphatic carbocycles. The molecule has 8 nitrogen and oxygen atoms in total. The Kier molecular flexibility index (Phi) is 22.1. The molecule has 0 fully saturated rings. The van der Waals surface area contributed by atoms with E-state index in [1.807, 2.05) is 0 Å². The van der Waals surface area contributed by atoms with Crippen LogP contribution >= 0.6 is 0 Å². The van der Waals surface area contributed by atoms with Crippen molar-refractivity contribution in [2.45, 2.75) is 54.4 Å². The molecular formula is C16H28O8Ti. The maximum atomic E-state index is 10.2. The number of hydrogen-bond acceptors (Lipinski definition) is 8.